The van der Waals surface area contributed by atoms with Gasteiger partial charge in [0.1, 0.15) is 0 Å². The lowest BCUT2D eigenvalue weighted by molar-refractivity contribution is -0.125. The van der Waals surface area contributed by atoms with Gasteiger partial charge in [0.05, 0.1) is 11.1 Å². The Balaban J connectivity index is 1.86. The average Bonchev–Trinajstić information content (AvgIpc) is 3.05. The second-order valence-corrected chi connectivity index (χ2v) is 7.34. The number of anilines is 1. The van der Waals surface area contributed by atoms with Crippen LogP contribution < -0.4 is 5.32 Å². The molecule has 1 amide bonds. The standard InChI is InChI=1S/C19H24N2O3/c1-18(2,3)15-13-16(24-21-15)20-17(22)19(9-11-23-12-10-19)14-7-5-4-6-8-14/h4-8,13H,9-12H2,1-3H3,(H,20,22). The van der Waals surface area contributed by atoms with E-state index >= 15 is 0 Å². The molecule has 24 heavy (non-hydrogen) atoms. The van der Waals surface area contributed by atoms with Crippen LogP contribution in [0.5, 0.6) is 0 Å². The lowest BCUT2D eigenvalue weighted by atomic mass is 9.73. The van der Waals surface area contributed by atoms with Crippen molar-refractivity contribution in [2.75, 3.05) is 18.5 Å². The summed E-state index contributed by atoms with van der Waals surface area (Å²) in [5, 5.41) is 6.99. The smallest absolute Gasteiger partial charge is 0.237 e. The summed E-state index contributed by atoms with van der Waals surface area (Å²) in [5.74, 6) is 0.334. The molecule has 2 aromatic rings. The molecule has 1 saturated heterocycles. The zero-order valence-corrected chi connectivity index (χ0v) is 14.5. The summed E-state index contributed by atoms with van der Waals surface area (Å²) in [5.41, 5.74) is 1.12. The highest BCUT2D eigenvalue weighted by molar-refractivity contribution is 5.98. The van der Waals surface area contributed by atoms with Crippen molar-refractivity contribution < 1.29 is 14.1 Å². The minimum absolute atomic E-state index is 0.0615. The van der Waals surface area contributed by atoms with E-state index in [2.05, 4.69) is 31.2 Å². The highest BCUT2D eigenvalue weighted by Gasteiger charge is 2.42. The Bertz CT molecular complexity index is 695. The number of carbonyl (C=O) groups is 1. The Kier molecular flexibility index (Phi) is 4.45. The van der Waals surface area contributed by atoms with Crippen LogP contribution in [0.15, 0.2) is 40.9 Å². The Hall–Kier alpha value is -2.14. The molecule has 1 aliphatic heterocycles. The largest absolute Gasteiger partial charge is 0.381 e. The van der Waals surface area contributed by atoms with Crippen molar-refractivity contribution in [3.63, 3.8) is 0 Å². The normalized spacial score (nSPS) is 17.5. The average molecular weight is 328 g/mol. The molecule has 1 fully saturated rings. The first-order chi connectivity index (χ1) is 11.4. The first kappa shape index (κ1) is 16.7. The molecule has 1 aromatic carbocycles. The van der Waals surface area contributed by atoms with Crippen LogP contribution in [0, 0.1) is 0 Å². The van der Waals surface area contributed by atoms with Crippen LogP contribution in [0.4, 0.5) is 5.88 Å². The maximum absolute atomic E-state index is 13.1. The van der Waals surface area contributed by atoms with Crippen LogP contribution in [0.1, 0.15) is 44.9 Å². The Morgan fingerprint density at radius 2 is 1.83 bits per heavy atom. The highest BCUT2D eigenvalue weighted by atomic mass is 16.5. The highest BCUT2D eigenvalue weighted by Crippen LogP contribution is 2.36. The fraction of sp³-hybridized carbons (Fsp3) is 0.474. The summed E-state index contributed by atoms with van der Waals surface area (Å²) in [6, 6.07) is 11.7. The van der Waals surface area contributed by atoms with E-state index in [-0.39, 0.29) is 11.3 Å². The number of aromatic nitrogens is 1. The van der Waals surface area contributed by atoms with Gasteiger partial charge in [0.25, 0.3) is 0 Å². The van der Waals surface area contributed by atoms with Gasteiger partial charge in [-0.05, 0) is 18.4 Å². The second-order valence-electron chi connectivity index (χ2n) is 7.34. The molecule has 0 bridgehead atoms. The fourth-order valence-corrected chi connectivity index (χ4v) is 3.04. The molecule has 0 unspecified atom stereocenters. The van der Waals surface area contributed by atoms with Crippen molar-refractivity contribution in [2.45, 2.75) is 44.4 Å². The van der Waals surface area contributed by atoms with Crippen LogP contribution in [0.3, 0.4) is 0 Å². The molecule has 128 valence electrons. The SMILES string of the molecule is CC(C)(C)c1cc(NC(=O)C2(c3ccccc3)CCOCC2)on1. The number of amides is 1. The number of ether oxygens (including phenoxy) is 1. The monoisotopic (exact) mass is 328 g/mol. The fourth-order valence-electron chi connectivity index (χ4n) is 3.04. The molecule has 0 spiro atoms. The van der Waals surface area contributed by atoms with E-state index in [0.29, 0.717) is 31.9 Å². The molecule has 2 heterocycles. The molecule has 5 nitrogen and oxygen atoms in total. The van der Waals surface area contributed by atoms with Gasteiger partial charge in [-0.25, -0.2) is 0 Å². The van der Waals surface area contributed by atoms with E-state index in [0.717, 1.165) is 11.3 Å². The molecular formula is C19H24N2O3. The van der Waals surface area contributed by atoms with Gasteiger partial charge in [0.15, 0.2) is 0 Å². The van der Waals surface area contributed by atoms with Gasteiger partial charge >= 0.3 is 0 Å². The van der Waals surface area contributed by atoms with E-state index in [1.54, 1.807) is 6.07 Å². The van der Waals surface area contributed by atoms with E-state index < -0.39 is 5.41 Å². The van der Waals surface area contributed by atoms with Gasteiger partial charge in [0.2, 0.25) is 11.8 Å². The molecule has 0 atom stereocenters. The quantitative estimate of drug-likeness (QED) is 0.934. The molecular weight excluding hydrogens is 304 g/mol. The van der Waals surface area contributed by atoms with Gasteiger partial charge in [-0.2, -0.15) is 0 Å². The molecule has 0 radical (unpaired) electrons. The Labute approximate surface area is 142 Å². The topological polar surface area (TPSA) is 64.4 Å². The number of hydrogen-bond donors (Lipinski definition) is 1. The molecule has 0 aliphatic carbocycles. The van der Waals surface area contributed by atoms with Crippen LogP contribution in [0.2, 0.25) is 0 Å². The van der Waals surface area contributed by atoms with Crippen molar-refractivity contribution in [3.05, 3.63) is 47.7 Å². The third-order valence-corrected chi connectivity index (χ3v) is 4.62. The molecule has 0 saturated carbocycles. The van der Waals surface area contributed by atoms with Gasteiger partial charge in [-0.1, -0.05) is 56.3 Å². The van der Waals surface area contributed by atoms with E-state index in [1.807, 2.05) is 30.3 Å². The third-order valence-electron chi connectivity index (χ3n) is 4.62. The summed E-state index contributed by atoms with van der Waals surface area (Å²) in [6.45, 7) is 7.32. The van der Waals surface area contributed by atoms with E-state index in [9.17, 15) is 4.79 Å². The summed E-state index contributed by atoms with van der Waals surface area (Å²) < 4.78 is 10.8. The van der Waals surface area contributed by atoms with Crippen molar-refractivity contribution in [3.8, 4) is 0 Å². The first-order valence-corrected chi connectivity index (χ1v) is 8.34. The molecule has 5 heteroatoms. The van der Waals surface area contributed by atoms with Crippen LogP contribution in [-0.4, -0.2) is 24.3 Å². The van der Waals surface area contributed by atoms with E-state index in [4.69, 9.17) is 9.26 Å². The summed E-state index contributed by atoms with van der Waals surface area (Å²) in [7, 11) is 0. The number of carbonyl (C=O) groups excluding carboxylic acids is 1. The summed E-state index contributed by atoms with van der Waals surface area (Å²) in [4.78, 5) is 13.1. The predicted octanol–water partition coefficient (Wildman–Crippen LogP) is 3.66. The molecule has 1 aliphatic rings. The Morgan fingerprint density at radius 3 is 2.42 bits per heavy atom. The minimum Gasteiger partial charge on any atom is -0.381 e. The van der Waals surface area contributed by atoms with Crippen LogP contribution in [-0.2, 0) is 20.4 Å². The van der Waals surface area contributed by atoms with Crippen molar-refractivity contribution in [1.82, 2.24) is 5.16 Å². The van der Waals surface area contributed by atoms with Gasteiger partial charge in [-0.3, -0.25) is 10.1 Å². The van der Waals surface area contributed by atoms with Crippen LogP contribution in [0.25, 0.3) is 0 Å². The zero-order chi connectivity index (χ0) is 17.2. The number of hydrogen-bond acceptors (Lipinski definition) is 4. The van der Waals surface area contributed by atoms with Crippen LogP contribution >= 0.6 is 0 Å². The molecule has 3 rings (SSSR count). The second kappa shape index (κ2) is 6.40. The van der Waals surface area contributed by atoms with Gasteiger partial charge in [-0.15, -0.1) is 0 Å². The lowest BCUT2D eigenvalue weighted by Gasteiger charge is -2.35. The maximum atomic E-state index is 13.1. The van der Waals surface area contributed by atoms with Crippen molar-refractivity contribution in [1.29, 1.82) is 0 Å². The molecule has 1 aromatic heterocycles. The minimum atomic E-state index is -0.589. The van der Waals surface area contributed by atoms with E-state index in [1.165, 1.54) is 0 Å². The predicted molar refractivity (Wildman–Crippen MR) is 92.0 cm³/mol. The summed E-state index contributed by atoms with van der Waals surface area (Å²) >= 11 is 0. The number of nitrogens with zero attached hydrogens (tertiary/aromatic N) is 1. The van der Waals surface area contributed by atoms with Gasteiger partial charge < -0.3 is 9.26 Å². The summed E-state index contributed by atoms with van der Waals surface area (Å²) in [6.07, 6.45) is 1.31. The van der Waals surface area contributed by atoms with Crippen molar-refractivity contribution >= 4 is 11.8 Å². The number of nitrogens with one attached hydrogen (secondary N) is 1. The third kappa shape index (κ3) is 3.22. The molecule has 1 N–H and O–H groups in total. The first-order valence-electron chi connectivity index (χ1n) is 8.34. The maximum Gasteiger partial charge on any atom is 0.237 e. The Morgan fingerprint density at radius 1 is 1.17 bits per heavy atom. The van der Waals surface area contributed by atoms with Crippen molar-refractivity contribution in [2.24, 2.45) is 0 Å². The number of benzene rings is 1. The van der Waals surface area contributed by atoms with Gasteiger partial charge in [0, 0.05) is 24.7 Å². The number of rotatable bonds is 3. The zero-order valence-electron chi connectivity index (χ0n) is 14.5. The lowest BCUT2D eigenvalue weighted by Crippen LogP contribution is -2.44.